The molecule has 45 heavy (non-hydrogen) atoms. The van der Waals surface area contributed by atoms with E-state index < -0.39 is 6.67 Å². The van der Waals surface area contributed by atoms with Crippen molar-refractivity contribution in [3.8, 4) is 61.3 Å². The molecule has 9 rings (SSSR count). The maximum absolute atomic E-state index is 13.0. The summed E-state index contributed by atoms with van der Waals surface area (Å²) in [6.07, 6.45) is 0. The fraction of sp³-hybridized carbons (Fsp3) is 0.150. The number of halogens is 1. The van der Waals surface area contributed by atoms with Gasteiger partial charge in [-0.1, -0.05) is 67.9 Å². The van der Waals surface area contributed by atoms with Gasteiger partial charge in [0.05, 0.1) is 0 Å². The third kappa shape index (κ3) is 4.39. The van der Waals surface area contributed by atoms with Crippen LogP contribution in [-0.2, 0) is 6.67 Å². The first-order chi connectivity index (χ1) is 21.9. The summed E-state index contributed by atoms with van der Waals surface area (Å²) in [4.78, 5) is 10.8. The van der Waals surface area contributed by atoms with E-state index >= 15 is 0 Å². The molecule has 2 atom stereocenters. The molecule has 0 aliphatic heterocycles. The largest absolute Gasteiger partial charge is 0.246 e. The lowest BCUT2D eigenvalue weighted by Crippen LogP contribution is -1.93. The quantitative estimate of drug-likeness (QED) is 0.173. The van der Waals surface area contributed by atoms with Gasteiger partial charge in [0.2, 0.25) is 0 Å². The summed E-state index contributed by atoms with van der Waals surface area (Å²) < 4.78 is 13.0. The van der Waals surface area contributed by atoms with Crippen molar-refractivity contribution in [2.75, 3.05) is 0 Å². The van der Waals surface area contributed by atoms with Gasteiger partial charge < -0.3 is 0 Å². The van der Waals surface area contributed by atoms with Crippen LogP contribution in [0.1, 0.15) is 59.1 Å². The highest BCUT2D eigenvalue weighted by atomic mass is 32.1. The monoisotopic (exact) mass is 656 g/mol. The average molecular weight is 657 g/mol. The van der Waals surface area contributed by atoms with Crippen LogP contribution >= 0.6 is 45.3 Å². The normalized spacial score (nSPS) is 16.1. The smallest absolute Gasteiger partial charge is 0.115 e. The topological polar surface area (TPSA) is 0 Å². The highest BCUT2D eigenvalue weighted by molar-refractivity contribution is 7.26. The Balaban J connectivity index is 1.03. The molecular weight excluding hydrogens is 628 g/mol. The molecule has 0 fully saturated rings. The maximum Gasteiger partial charge on any atom is 0.115 e. The van der Waals surface area contributed by atoms with Crippen molar-refractivity contribution in [1.82, 2.24) is 0 Å². The number of hydrogen-bond donors (Lipinski definition) is 0. The molecule has 2 aliphatic carbocycles. The molecule has 0 N–H and O–H groups in total. The van der Waals surface area contributed by atoms with Crippen LogP contribution in [0, 0.1) is 6.92 Å². The highest BCUT2D eigenvalue weighted by Crippen LogP contribution is 2.58. The van der Waals surface area contributed by atoms with Crippen molar-refractivity contribution in [2.24, 2.45) is 0 Å². The molecule has 220 valence electrons. The molecule has 3 aromatic carbocycles. The number of alkyl halides is 1. The van der Waals surface area contributed by atoms with E-state index in [9.17, 15) is 4.39 Å². The summed E-state index contributed by atoms with van der Waals surface area (Å²) in [5.41, 5.74) is 13.2. The minimum atomic E-state index is -0.418. The van der Waals surface area contributed by atoms with Crippen LogP contribution < -0.4 is 0 Å². The molecule has 0 nitrogen and oxygen atoms in total. The molecule has 4 aromatic heterocycles. The first kappa shape index (κ1) is 27.7. The van der Waals surface area contributed by atoms with Gasteiger partial charge in [-0.15, -0.1) is 45.3 Å². The molecule has 7 aromatic rings. The molecule has 0 amide bonds. The summed E-state index contributed by atoms with van der Waals surface area (Å²) in [5.74, 6) is 0.774. The maximum atomic E-state index is 13.0. The zero-order chi connectivity index (χ0) is 30.4. The number of benzene rings is 3. The Labute approximate surface area is 279 Å². The second-order valence-corrected chi connectivity index (χ2v) is 16.6. The standard InChI is InChI=1S/C40H29FS4/c1-21-4-8-25(9-5-21)33-12-14-35(42-33)37-18-29-22(2)27-17-32-28(16-31(27)39(29)44-37)23(3)30-19-38(45-40(30)32)36-15-13-34(43-36)26-10-6-24(20-41)7-11-26/h4-19,22-23H,20H2,1-3H3. The summed E-state index contributed by atoms with van der Waals surface area (Å²) in [5, 5.41) is 0. The van der Waals surface area contributed by atoms with E-state index in [2.05, 4.69) is 93.6 Å². The van der Waals surface area contributed by atoms with Gasteiger partial charge in [0, 0.05) is 50.9 Å². The van der Waals surface area contributed by atoms with E-state index in [1.165, 1.54) is 83.5 Å². The lowest BCUT2D eigenvalue weighted by Gasteiger charge is -2.12. The Hall–Kier alpha value is -3.61. The molecule has 0 saturated heterocycles. The van der Waals surface area contributed by atoms with Crippen molar-refractivity contribution in [1.29, 1.82) is 0 Å². The SMILES string of the molecule is Cc1ccc(-c2ccc(-c3cc4c(s3)-c3cc5c(cc3C4C)-c3sc(-c4ccc(-c6ccc(CF)cc6)s4)cc3C5C)s2)cc1. The van der Waals surface area contributed by atoms with Gasteiger partial charge in [0.1, 0.15) is 6.67 Å². The number of aryl methyl sites for hydroxylation is 1. The minimum Gasteiger partial charge on any atom is -0.246 e. The Morgan fingerprint density at radius 3 is 1.40 bits per heavy atom. The first-order valence-electron chi connectivity index (χ1n) is 15.3. The van der Waals surface area contributed by atoms with Gasteiger partial charge in [-0.25, -0.2) is 4.39 Å². The summed E-state index contributed by atoms with van der Waals surface area (Å²) in [7, 11) is 0. The average Bonchev–Trinajstić information content (AvgIpc) is 3.91. The van der Waals surface area contributed by atoms with E-state index in [0.29, 0.717) is 11.8 Å². The van der Waals surface area contributed by atoms with Crippen molar-refractivity contribution in [3.05, 3.63) is 130 Å². The fourth-order valence-electron chi connectivity index (χ4n) is 6.92. The molecule has 4 heterocycles. The van der Waals surface area contributed by atoms with E-state index in [-0.39, 0.29) is 0 Å². The van der Waals surface area contributed by atoms with Crippen molar-refractivity contribution in [3.63, 3.8) is 0 Å². The number of fused-ring (bicyclic) bond motifs is 6. The number of thiophene rings is 4. The van der Waals surface area contributed by atoms with Gasteiger partial charge in [-0.05, 0) is 106 Å². The third-order valence-electron chi connectivity index (χ3n) is 9.53. The van der Waals surface area contributed by atoms with Crippen LogP contribution in [0.5, 0.6) is 0 Å². The van der Waals surface area contributed by atoms with Crippen molar-refractivity contribution >= 4 is 45.3 Å². The zero-order valence-corrected chi connectivity index (χ0v) is 28.4. The van der Waals surface area contributed by atoms with Gasteiger partial charge in [-0.3, -0.25) is 0 Å². The molecule has 0 bridgehead atoms. The predicted octanol–water partition coefficient (Wildman–Crippen LogP) is 13.6. The van der Waals surface area contributed by atoms with E-state index in [0.717, 1.165) is 11.1 Å². The van der Waals surface area contributed by atoms with Crippen LogP contribution in [-0.4, -0.2) is 0 Å². The zero-order valence-electron chi connectivity index (χ0n) is 25.1. The molecule has 2 unspecified atom stereocenters. The summed E-state index contributed by atoms with van der Waals surface area (Å²) in [6, 6.07) is 35.6. The van der Waals surface area contributed by atoms with Crippen LogP contribution in [0.4, 0.5) is 4.39 Å². The highest BCUT2D eigenvalue weighted by Gasteiger charge is 2.35. The lowest BCUT2D eigenvalue weighted by atomic mass is 9.93. The predicted molar refractivity (Wildman–Crippen MR) is 195 cm³/mol. The van der Waals surface area contributed by atoms with Crippen molar-refractivity contribution in [2.45, 2.75) is 39.3 Å². The molecule has 2 aliphatic rings. The molecule has 0 saturated carbocycles. The second kappa shape index (κ2) is 10.5. The Morgan fingerprint density at radius 1 is 0.489 bits per heavy atom. The van der Waals surface area contributed by atoms with Crippen LogP contribution in [0.15, 0.2) is 97.1 Å². The van der Waals surface area contributed by atoms with E-state index in [4.69, 9.17) is 0 Å². The summed E-state index contributed by atoms with van der Waals surface area (Å²) in [6.45, 7) is 6.48. The lowest BCUT2D eigenvalue weighted by molar-refractivity contribution is 0.485. The first-order valence-corrected chi connectivity index (χ1v) is 18.6. The third-order valence-corrected chi connectivity index (χ3v) is 14.6. The van der Waals surface area contributed by atoms with E-state index in [1.807, 2.05) is 69.6 Å². The molecular formula is C40H29FS4. The van der Waals surface area contributed by atoms with Gasteiger partial charge in [-0.2, -0.15) is 0 Å². The molecule has 5 heteroatoms. The van der Waals surface area contributed by atoms with E-state index in [1.54, 1.807) is 0 Å². The van der Waals surface area contributed by atoms with Crippen LogP contribution in [0.25, 0.3) is 61.3 Å². The van der Waals surface area contributed by atoms with Crippen LogP contribution in [0.2, 0.25) is 0 Å². The van der Waals surface area contributed by atoms with Gasteiger partial charge in [0.25, 0.3) is 0 Å². The van der Waals surface area contributed by atoms with Gasteiger partial charge >= 0.3 is 0 Å². The Kier molecular flexibility index (Phi) is 6.44. The Morgan fingerprint density at radius 2 is 0.933 bits per heavy atom. The minimum absolute atomic E-state index is 0.381. The number of rotatable bonds is 5. The van der Waals surface area contributed by atoms with Crippen LogP contribution in [0.3, 0.4) is 0 Å². The molecule has 0 spiro atoms. The van der Waals surface area contributed by atoms with Gasteiger partial charge in [0.15, 0.2) is 0 Å². The Bertz CT molecular complexity index is 2240. The van der Waals surface area contributed by atoms with Crippen molar-refractivity contribution < 1.29 is 4.39 Å². The number of hydrogen-bond acceptors (Lipinski definition) is 4. The summed E-state index contributed by atoms with van der Waals surface area (Å²) >= 11 is 7.62. The second-order valence-electron chi connectivity index (χ2n) is 12.3. The fourth-order valence-corrected chi connectivity index (χ4v) is 11.7. The molecule has 0 radical (unpaired) electrons.